The molecular formula is C25H27F5N2O2Si. The largest absolute Gasteiger partial charge is 0.356 e. The van der Waals surface area contributed by atoms with Gasteiger partial charge in [-0.2, -0.15) is 0 Å². The highest BCUT2D eigenvalue weighted by Gasteiger charge is 2.59. The van der Waals surface area contributed by atoms with Crippen LogP contribution in [0, 0.1) is 29.1 Å². The smallest absolute Gasteiger partial charge is 0.224 e. The van der Waals surface area contributed by atoms with Crippen molar-refractivity contribution in [2.75, 3.05) is 24.6 Å². The van der Waals surface area contributed by atoms with Gasteiger partial charge in [-0.3, -0.25) is 4.79 Å². The molecule has 1 atom stereocenters. The highest BCUT2D eigenvalue weighted by molar-refractivity contribution is 6.08. The summed E-state index contributed by atoms with van der Waals surface area (Å²) >= 11 is 0. The van der Waals surface area contributed by atoms with Gasteiger partial charge in [0.2, 0.25) is 11.7 Å². The lowest BCUT2D eigenvalue weighted by atomic mass is 9.76. The maximum absolute atomic E-state index is 14.3. The summed E-state index contributed by atoms with van der Waals surface area (Å²) in [7, 11) is 1.09. The zero-order valence-electron chi connectivity index (χ0n) is 19.8. The number of nitrogens with zero attached hydrogens (tertiary/aromatic N) is 1. The number of amides is 1. The van der Waals surface area contributed by atoms with E-state index in [9.17, 15) is 26.7 Å². The molecule has 0 spiro atoms. The molecule has 0 bridgehead atoms. The van der Waals surface area contributed by atoms with Gasteiger partial charge in [0.1, 0.15) is 0 Å². The summed E-state index contributed by atoms with van der Waals surface area (Å²) in [5, 5.41) is 2.91. The van der Waals surface area contributed by atoms with Crippen molar-refractivity contribution in [2.45, 2.75) is 43.9 Å². The lowest BCUT2D eigenvalue weighted by molar-refractivity contribution is -0.120. The van der Waals surface area contributed by atoms with Gasteiger partial charge in [0.15, 0.2) is 29.0 Å². The minimum atomic E-state index is -2.20. The van der Waals surface area contributed by atoms with Gasteiger partial charge >= 0.3 is 0 Å². The van der Waals surface area contributed by atoms with Crippen LogP contribution < -0.4 is 10.2 Å². The Kier molecular flexibility index (Phi) is 6.80. The molecule has 35 heavy (non-hydrogen) atoms. The van der Waals surface area contributed by atoms with Crippen LogP contribution in [-0.2, 0) is 21.4 Å². The molecule has 2 aliphatic rings. The number of hydrogen-bond acceptors (Lipinski definition) is 3. The number of carbonyl (C=O) groups is 1. The quantitative estimate of drug-likeness (QED) is 0.203. The first-order valence-electron chi connectivity index (χ1n) is 11.6. The predicted octanol–water partition coefficient (Wildman–Crippen LogP) is 3.75. The number of anilines is 1. The molecule has 2 aliphatic heterocycles. The first-order chi connectivity index (χ1) is 16.5. The molecule has 4 rings (SSSR count). The average Bonchev–Trinajstić information content (AvgIpc) is 3.33. The number of carbonyl (C=O) groups excluding carboxylic acids is 1. The van der Waals surface area contributed by atoms with E-state index >= 15 is 0 Å². The molecule has 10 heteroatoms. The van der Waals surface area contributed by atoms with Crippen molar-refractivity contribution in [1.82, 2.24) is 5.32 Å². The molecule has 0 radical (unpaired) electrons. The molecule has 188 valence electrons. The fraction of sp³-hybridized carbons (Fsp3) is 0.400. The Bertz CT molecular complexity index is 1170. The van der Waals surface area contributed by atoms with Gasteiger partial charge in [-0.1, -0.05) is 32.0 Å². The second-order valence-electron chi connectivity index (χ2n) is 9.37. The van der Waals surface area contributed by atoms with Crippen molar-refractivity contribution in [2.24, 2.45) is 0 Å². The first-order valence-corrected chi connectivity index (χ1v) is 13.0. The number of hydrogen-bond donors (Lipinski definition) is 1. The summed E-state index contributed by atoms with van der Waals surface area (Å²) < 4.78 is 75.6. The number of rotatable bonds is 7. The van der Waals surface area contributed by atoms with Crippen LogP contribution in [0.3, 0.4) is 0 Å². The van der Waals surface area contributed by atoms with Crippen LogP contribution in [0.25, 0.3) is 6.08 Å². The van der Waals surface area contributed by atoms with E-state index in [1.54, 1.807) is 0 Å². The standard InChI is InChI=1S/C25H27F5N2O2Si/c1-24(2)16-12-14(13-18(33)31-8-3-11-35)4-5-17(16)32-9-10-34-25(24,32)7-6-15-19(26)21(28)23(30)22(29)20(15)27/h4-7,12H,3,8-11,13H2,1-2,35H3,(H,31,33). The third kappa shape index (κ3) is 4.06. The van der Waals surface area contributed by atoms with Gasteiger partial charge in [0.25, 0.3) is 0 Å². The summed E-state index contributed by atoms with van der Waals surface area (Å²) in [5.74, 6) is -10.1. The summed E-state index contributed by atoms with van der Waals surface area (Å²) in [4.78, 5) is 14.2. The average molecular weight is 511 g/mol. The van der Waals surface area contributed by atoms with Gasteiger partial charge in [-0.25, -0.2) is 22.0 Å². The molecule has 4 nitrogen and oxygen atoms in total. The molecule has 1 fully saturated rings. The third-order valence-electron chi connectivity index (χ3n) is 6.90. The van der Waals surface area contributed by atoms with Gasteiger partial charge in [0, 0.05) is 34.4 Å². The lowest BCUT2D eigenvalue weighted by Gasteiger charge is -2.39. The van der Waals surface area contributed by atoms with Crippen molar-refractivity contribution in [3.05, 3.63) is 70.1 Å². The fourth-order valence-electron chi connectivity index (χ4n) is 4.94. The zero-order valence-corrected chi connectivity index (χ0v) is 21.8. The van der Waals surface area contributed by atoms with Crippen LogP contribution in [-0.4, -0.2) is 41.6 Å². The van der Waals surface area contributed by atoms with Crippen molar-refractivity contribution < 1.29 is 31.5 Å². The summed E-state index contributed by atoms with van der Waals surface area (Å²) in [6, 6.07) is 6.75. The first kappa shape index (κ1) is 25.4. The van der Waals surface area contributed by atoms with E-state index in [1.165, 1.54) is 6.08 Å². The Morgan fingerprint density at radius 1 is 1.11 bits per heavy atom. The predicted molar refractivity (Wildman–Crippen MR) is 127 cm³/mol. The highest BCUT2D eigenvalue weighted by Crippen LogP contribution is 2.55. The van der Waals surface area contributed by atoms with Crippen LogP contribution in [0.15, 0.2) is 24.3 Å². The van der Waals surface area contributed by atoms with E-state index in [-0.39, 0.29) is 12.3 Å². The van der Waals surface area contributed by atoms with E-state index in [4.69, 9.17) is 4.74 Å². The Morgan fingerprint density at radius 3 is 2.43 bits per heavy atom. The van der Waals surface area contributed by atoms with Crippen molar-refractivity contribution >= 4 is 27.9 Å². The van der Waals surface area contributed by atoms with Crippen LogP contribution >= 0.6 is 0 Å². The maximum Gasteiger partial charge on any atom is 0.224 e. The second kappa shape index (κ2) is 9.38. The second-order valence-corrected chi connectivity index (χ2v) is 10.4. The Hall–Kier alpha value is -2.72. The summed E-state index contributed by atoms with van der Waals surface area (Å²) in [6.45, 7) is 5.20. The van der Waals surface area contributed by atoms with Crippen LogP contribution in [0.4, 0.5) is 27.6 Å². The summed E-state index contributed by atoms with van der Waals surface area (Å²) in [6.07, 6.45) is 3.42. The normalized spacial score (nSPS) is 20.5. The minimum absolute atomic E-state index is 0.0754. The number of fused-ring (bicyclic) bond motifs is 3. The minimum Gasteiger partial charge on any atom is -0.356 e. The highest BCUT2D eigenvalue weighted by atomic mass is 28.1. The van der Waals surface area contributed by atoms with Crippen molar-refractivity contribution in [3.8, 4) is 0 Å². The summed E-state index contributed by atoms with van der Waals surface area (Å²) in [5.41, 5.74) is -0.496. The molecule has 2 aromatic rings. The molecule has 1 amide bonds. The molecule has 2 aromatic carbocycles. The molecule has 1 N–H and O–H groups in total. The molecule has 2 heterocycles. The SMILES string of the molecule is CC1(C)c2cc(CC(=O)NCCC[SiH3])ccc2N2CCOC21C=Cc1c(F)c(F)c(F)c(F)c1F. The monoisotopic (exact) mass is 510 g/mol. The molecule has 0 aliphatic carbocycles. The number of benzene rings is 2. The topological polar surface area (TPSA) is 41.6 Å². The molecule has 0 aromatic heterocycles. The Balaban J connectivity index is 1.69. The van der Waals surface area contributed by atoms with Crippen molar-refractivity contribution in [3.63, 3.8) is 0 Å². The number of ether oxygens (including phenoxy) is 1. The maximum atomic E-state index is 14.3. The Morgan fingerprint density at radius 2 is 1.77 bits per heavy atom. The van der Waals surface area contributed by atoms with Gasteiger partial charge < -0.3 is 15.0 Å². The lowest BCUT2D eigenvalue weighted by Crippen LogP contribution is -2.51. The third-order valence-corrected chi connectivity index (χ3v) is 7.60. The molecule has 0 saturated carbocycles. The van der Waals surface area contributed by atoms with Gasteiger partial charge in [-0.05, 0) is 35.8 Å². The van der Waals surface area contributed by atoms with E-state index in [1.807, 2.05) is 36.9 Å². The van der Waals surface area contributed by atoms with Crippen LogP contribution in [0.2, 0.25) is 6.04 Å². The van der Waals surface area contributed by atoms with Gasteiger partial charge in [-0.15, -0.1) is 0 Å². The zero-order chi connectivity index (χ0) is 25.5. The fourth-order valence-corrected chi connectivity index (χ4v) is 5.29. The van der Waals surface area contributed by atoms with Crippen LogP contribution in [0.5, 0.6) is 0 Å². The van der Waals surface area contributed by atoms with E-state index in [0.717, 1.165) is 45.6 Å². The molecular weight excluding hydrogens is 483 g/mol. The molecule has 1 saturated heterocycles. The van der Waals surface area contributed by atoms with E-state index in [0.29, 0.717) is 19.7 Å². The molecule has 1 unspecified atom stereocenters. The number of nitrogens with one attached hydrogen (secondary N) is 1. The van der Waals surface area contributed by atoms with Crippen molar-refractivity contribution in [1.29, 1.82) is 0 Å². The van der Waals surface area contributed by atoms with Gasteiger partial charge in [0.05, 0.1) is 18.6 Å². The van der Waals surface area contributed by atoms with Crippen LogP contribution in [0.1, 0.15) is 37.0 Å². The van der Waals surface area contributed by atoms with E-state index in [2.05, 4.69) is 5.32 Å². The number of halogens is 5. The Labute approximate surface area is 203 Å². The van der Waals surface area contributed by atoms with E-state index < -0.39 is 45.8 Å².